The molecule has 0 heterocycles. The van der Waals surface area contributed by atoms with Crippen LogP contribution in [0.4, 0.5) is 13.2 Å². The third kappa shape index (κ3) is 2.43. The average Bonchev–Trinajstić information content (AvgIpc) is 2.25. The standard InChI is InChI=1S/C12H13F3O/c1-3-8-6-5-7-9(4-2)10(8)11(16)12(13,14)15/h5-7H,3-4H2,1-2H3. The summed E-state index contributed by atoms with van der Waals surface area (Å²) in [5.41, 5.74) is 0.753. The van der Waals surface area contributed by atoms with Crippen molar-refractivity contribution in [1.29, 1.82) is 0 Å². The molecule has 0 atom stereocenters. The van der Waals surface area contributed by atoms with Crippen LogP contribution in [0.2, 0.25) is 0 Å². The molecular weight excluding hydrogens is 217 g/mol. The second-order valence-corrected chi connectivity index (χ2v) is 3.49. The van der Waals surface area contributed by atoms with Gasteiger partial charge in [0.2, 0.25) is 0 Å². The number of hydrogen-bond acceptors (Lipinski definition) is 1. The van der Waals surface area contributed by atoms with E-state index in [1.807, 2.05) is 0 Å². The number of ketones is 1. The lowest BCUT2D eigenvalue weighted by atomic mass is 9.94. The van der Waals surface area contributed by atoms with E-state index in [1.54, 1.807) is 32.0 Å². The lowest BCUT2D eigenvalue weighted by Crippen LogP contribution is -2.25. The highest BCUT2D eigenvalue weighted by molar-refractivity contribution is 6.02. The second-order valence-electron chi connectivity index (χ2n) is 3.49. The van der Waals surface area contributed by atoms with Gasteiger partial charge >= 0.3 is 6.18 Å². The number of Topliss-reactive ketones (excluding diaryl/α,β-unsaturated/α-hetero) is 1. The van der Waals surface area contributed by atoms with Gasteiger partial charge in [0.25, 0.3) is 5.78 Å². The van der Waals surface area contributed by atoms with Crippen LogP contribution in [0.15, 0.2) is 18.2 Å². The molecule has 0 bridgehead atoms. The Kier molecular flexibility index (Phi) is 3.73. The highest BCUT2D eigenvalue weighted by atomic mass is 19.4. The SMILES string of the molecule is CCc1cccc(CC)c1C(=O)C(F)(F)F. The van der Waals surface area contributed by atoms with Crippen molar-refractivity contribution in [1.82, 2.24) is 0 Å². The van der Waals surface area contributed by atoms with Gasteiger partial charge in [-0.05, 0) is 24.0 Å². The summed E-state index contributed by atoms with van der Waals surface area (Å²) >= 11 is 0. The molecule has 1 aromatic carbocycles. The molecule has 0 N–H and O–H groups in total. The summed E-state index contributed by atoms with van der Waals surface area (Å²) in [7, 11) is 0. The molecule has 0 saturated carbocycles. The number of hydrogen-bond donors (Lipinski definition) is 0. The van der Waals surface area contributed by atoms with Crippen LogP contribution in [0.25, 0.3) is 0 Å². The lowest BCUT2D eigenvalue weighted by Gasteiger charge is -2.13. The van der Waals surface area contributed by atoms with Gasteiger partial charge in [-0.1, -0.05) is 32.0 Å². The zero-order chi connectivity index (χ0) is 12.3. The summed E-state index contributed by atoms with van der Waals surface area (Å²) < 4.78 is 37.3. The van der Waals surface area contributed by atoms with Crippen LogP contribution >= 0.6 is 0 Å². The molecule has 1 rings (SSSR count). The van der Waals surface area contributed by atoms with Crippen molar-refractivity contribution in [2.75, 3.05) is 0 Å². The number of benzene rings is 1. The molecule has 0 amide bonds. The van der Waals surface area contributed by atoms with E-state index in [0.717, 1.165) is 0 Å². The number of halogens is 3. The molecule has 4 heteroatoms. The molecule has 1 nitrogen and oxygen atoms in total. The van der Waals surface area contributed by atoms with E-state index in [2.05, 4.69) is 0 Å². The van der Waals surface area contributed by atoms with E-state index in [4.69, 9.17) is 0 Å². The first-order chi connectivity index (χ1) is 7.41. The van der Waals surface area contributed by atoms with Crippen LogP contribution in [-0.2, 0) is 12.8 Å². The molecule has 1 aromatic rings. The first kappa shape index (κ1) is 12.7. The predicted molar refractivity (Wildman–Crippen MR) is 55.6 cm³/mol. The monoisotopic (exact) mass is 230 g/mol. The first-order valence-electron chi connectivity index (χ1n) is 5.14. The molecule has 0 aliphatic heterocycles. The van der Waals surface area contributed by atoms with Crippen LogP contribution in [-0.4, -0.2) is 12.0 Å². The molecule has 0 radical (unpaired) electrons. The van der Waals surface area contributed by atoms with Gasteiger partial charge in [0.05, 0.1) is 0 Å². The molecule has 0 aromatic heterocycles. The highest BCUT2D eigenvalue weighted by Crippen LogP contribution is 2.26. The number of carbonyl (C=O) groups excluding carboxylic acids is 1. The van der Waals surface area contributed by atoms with Gasteiger partial charge in [0, 0.05) is 5.56 Å². The maximum absolute atomic E-state index is 12.4. The van der Waals surface area contributed by atoms with E-state index in [1.165, 1.54) is 0 Å². The zero-order valence-corrected chi connectivity index (χ0v) is 9.19. The van der Waals surface area contributed by atoms with Gasteiger partial charge in [0.1, 0.15) is 0 Å². The van der Waals surface area contributed by atoms with Crippen molar-refractivity contribution in [2.45, 2.75) is 32.9 Å². The fourth-order valence-corrected chi connectivity index (χ4v) is 1.68. The Morgan fingerprint density at radius 3 is 1.88 bits per heavy atom. The topological polar surface area (TPSA) is 17.1 Å². The summed E-state index contributed by atoms with van der Waals surface area (Å²) in [6, 6.07) is 4.82. The van der Waals surface area contributed by atoms with Gasteiger partial charge in [0.15, 0.2) is 0 Å². The van der Waals surface area contributed by atoms with Crippen LogP contribution in [0.5, 0.6) is 0 Å². The summed E-state index contributed by atoms with van der Waals surface area (Å²) in [6.45, 7) is 3.48. The van der Waals surface area contributed by atoms with E-state index >= 15 is 0 Å². The predicted octanol–water partition coefficient (Wildman–Crippen LogP) is 3.56. The van der Waals surface area contributed by atoms with Crippen molar-refractivity contribution in [3.8, 4) is 0 Å². The van der Waals surface area contributed by atoms with Crippen LogP contribution in [0, 0.1) is 0 Å². The Hall–Kier alpha value is -1.32. The fraction of sp³-hybridized carbons (Fsp3) is 0.417. The summed E-state index contributed by atoms with van der Waals surface area (Å²) in [5.74, 6) is -1.73. The zero-order valence-electron chi connectivity index (χ0n) is 9.19. The molecule has 0 saturated heterocycles. The van der Waals surface area contributed by atoms with E-state index in [9.17, 15) is 18.0 Å². The lowest BCUT2D eigenvalue weighted by molar-refractivity contribution is -0.0886. The van der Waals surface area contributed by atoms with Gasteiger partial charge in [-0.25, -0.2) is 0 Å². The summed E-state index contributed by atoms with van der Waals surface area (Å²) in [6.07, 6.45) is -3.95. The fourth-order valence-electron chi connectivity index (χ4n) is 1.68. The molecule has 0 aliphatic rings. The van der Waals surface area contributed by atoms with Gasteiger partial charge in [-0.15, -0.1) is 0 Å². The first-order valence-corrected chi connectivity index (χ1v) is 5.14. The average molecular weight is 230 g/mol. The maximum atomic E-state index is 12.4. The minimum Gasteiger partial charge on any atom is -0.284 e. The number of rotatable bonds is 3. The van der Waals surface area contributed by atoms with Gasteiger partial charge in [-0.2, -0.15) is 13.2 Å². The van der Waals surface area contributed by atoms with Crippen LogP contribution < -0.4 is 0 Å². The molecule has 0 fully saturated rings. The van der Waals surface area contributed by atoms with E-state index in [-0.39, 0.29) is 5.56 Å². The minimum absolute atomic E-state index is 0.167. The number of alkyl halides is 3. The van der Waals surface area contributed by atoms with Crippen LogP contribution in [0.3, 0.4) is 0 Å². The normalized spacial score (nSPS) is 11.6. The Labute approximate surface area is 92.3 Å². The number of aryl methyl sites for hydroxylation is 2. The third-order valence-electron chi connectivity index (χ3n) is 2.48. The Balaban J connectivity index is 3.34. The van der Waals surface area contributed by atoms with E-state index in [0.29, 0.717) is 24.0 Å². The van der Waals surface area contributed by atoms with Crippen LogP contribution in [0.1, 0.15) is 35.3 Å². The molecule has 88 valence electrons. The minimum atomic E-state index is -4.80. The largest absolute Gasteiger partial charge is 0.454 e. The highest BCUT2D eigenvalue weighted by Gasteiger charge is 2.41. The molecule has 0 unspecified atom stereocenters. The molecule has 16 heavy (non-hydrogen) atoms. The van der Waals surface area contributed by atoms with Crippen molar-refractivity contribution >= 4 is 5.78 Å². The van der Waals surface area contributed by atoms with Gasteiger partial charge < -0.3 is 0 Å². The summed E-state index contributed by atoms with van der Waals surface area (Å²) in [5, 5.41) is 0. The van der Waals surface area contributed by atoms with Crippen molar-refractivity contribution in [3.05, 3.63) is 34.9 Å². The molecule has 0 aliphatic carbocycles. The van der Waals surface area contributed by atoms with Crippen molar-refractivity contribution in [2.24, 2.45) is 0 Å². The Bertz CT molecular complexity index is 371. The van der Waals surface area contributed by atoms with E-state index < -0.39 is 12.0 Å². The number of carbonyl (C=O) groups is 1. The van der Waals surface area contributed by atoms with Crippen molar-refractivity contribution in [3.63, 3.8) is 0 Å². The van der Waals surface area contributed by atoms with Gasteiger partial charge in [-0.3, -0.25) is 4.79 Å². The van der Waals surface area contributed by atoms with Crippen molar-refractivity contribution < 1.29 is 18.0 Å². The summed E-state index contributed by atoms with van der Waals surface area (Å²) in [4.78, 5) is 11.3. The maximum Gasteiger partial charge on any atom is 0.454 e. The quantitative estimate of drug-likeness (QED) is 0.725. The third-order valence-corrected chi connectivity index (χ3v) is 2.48. The smallest absolute Gasteiger partial charge is 0.284 e. The Morgan fingerprint density at radius 1 is 1.12 bits per heavy atom. The Morgan fingerprint density at radius 2 is 1.56 bits per heavy atom. The molecule has 0 spiro atoms. The second kappa shape index (κ2) is 4.68. The molecular formula is C12H13F3O.